The Bertz CT molecular complexity index is 770. The molecule has 0 radical (unpaired) electrons. The first kappa shape index (κ1) is 18.0. The maximum atomic E-state index is 12.0. The van der Waals surface area contributed by atoms with Gasteiger partial charge in [0.05, 0.1) is 17.2 Å². The number of hydrogen-bond acceptors (Lipinski definition) is 5. The number of amides is 2. The number of nitrogens with two attached hydrogens (primary N) is 1. The summed E-state index contributed by atoms with van der Waals surface area (Å²) < 4.78 is 27.7. The molecule has 0 aliphatic heterocycles. The molecule has 2 aromatic rings. The molecule has 0 spiro atoms. The van der Waals surface area contributed by atoms with Crippen LogP contribution in [0.1, 0.15) is 11.8 Å². The molecule has 2 amide bonds. The number of sulfonamides is 1. The first-order chi connectivity index (χ1) is 11.3. The third-order valence-corrected chi connectivity index (χ3v) is 4.32. The summed E-state index contributed by atoms with van der Waals surface area (Å²) in [7, 11) is 0.0269. The number of rotatable bonds is 6. The Morgan fingerprint density at radius 3 is 2.42 bits per heavy atom. The van der Waals surface area contributed by atoms with E-state index < -0.39 is 16.1 Å². The van der Waals surface area contributed by atoms with E-state index >= 15 is 0 Å². The second-order valence-electron chi connectivity index (χ2n) is 5.40. The largest absolute Gasteiger partial charge is 0.468 e. The highest BCUT2D eigenvalue weighted by Crippen LogP contribution is 2.17. The second kappa shape index (κ2) is 7.47. The predicted octanol–water partition coefficient (Wildman–Crippen LogP) is 1.35. The summed E-state index contributed by atoms with van der Waals surface area (Å²) in [6, 6.07) is 8.72. The molecular formula is C15H20N4O4S. The van der Waals surface area contributed by atoms with E-state index in [0.29, 0.717) is 12.2 Å². The number of carbonyl (C=O) groups excluding carboxylic acids is 1. The topological polar surface area (TPSA) is 118 Å². The van der Waals surface area contributed by atoms with Crippen LogP contribution in [0.2, 0.25) is 0 Å². The monoisotopic (exact) mass is 352 g/mol. The zero-order chi connectivity index (χ0) is 17.7. The molecule has 0 saturated carbocycles. The van der Waals surface area contributed by atoms with Gasteiger partial charge in [-0.15, -0.1) is 0 Å². The molecule has 0 aliphatic rings. The Balaban J connectivity index is 1.93. The standard InChI is InChI=1S/C15H20N4O4S/c1-19(2)13(14-4-3-9-23-14)10-17-15(20)18-11-5-7-12(8-6-11)24(16,21)22/h3-9,13H,10H2,1-2H3,(H2,16,21,22)(H2,17,18,20)/t13-/m0/s1. The van der Waals surface area contributed by atoms with Crippen LogP contribution in [0, 0.1) is 0 Å². The van der Waals surface area contributed by atoms with E-state index in [4.69, 9.17) is 9.56 Å². The summed E-state index contributed by atoms with van der Waals surface area (Å²) in [6.07, 6.45) is 1.58. The normalized spacial score (nSPS) is 12.8. The molecule has 1 aromatic heterocycles. The van der Waals surface area contributed by atoms with Crippen LogP contribution in [0.25, 0.3) is 0 Å². The molecule has 1 heterocycles. The van der Waals surface area contributed by atoms with Crippen molar-refractivity contribution < 1.29 is 17.6 Å². The van der Waals surface area contributed by atoms with Gasteiger partial charge in [0.2, 0.25) is 10.0 Å². The van der Waals surface area contributed by atoms with Crippen molar-refractivity contribution in [2.45, 2.75) is 10.9 Å². The van der Waals surface area contributed by atoms with E-state index in [9.17, 15) is 13.2 Å². The minimum Gasteiger partial charge on any atom is -0.468 e. The Labute approximate surface area is 140 Å². The van der Waals surface area contributed by atoms with Crippen LogP contribution < -0.4 is 15.8 Å². The lowest BCUT2D eigenvalue weighted by molar-refractivity contribution is 0.233. The minimum absolute atomic E-state index is 0.0149. The summed E-state index contributed by atoms with van der Waals surface area (Å²) in [5, 5.41) is 10.4. The van der Waals surface area contributed by atoms with Gasteiger partial charge >= 0.3 is 6.03 Å². The van der Waals surface area contributed by atoms with Gasteiger partial charge in [-0.25, -0.2) is 18.4 Å². The Morgan fingerprint density at radius 1 is 1.25 bits per heavy atom. The maximum absolute atomic E-state index is 12.0. The highest BCUT2D eigenvalue weighted by Gasteiger charge is 2.17. The molecule has 2 rings (SSSR count). The van der Waals surface area contributed by atoms with Crippen LogP contribution in [0.5, 0.6) is 0 Å². The first-order valence-electron chi connectivity index (χ1n) is 7.15. The molecule has 4 N–H and O–H groups in total. The van der Waals surface area contributed by atoms with Crippen LogP contribution in [-0.4, -0.2) is 40.0 Å². The van der Waals surface area contributed by atoms with Crippen LogP contribution in [0.15, 0.2) is 52.0 Å². The van der Waals surface area contributed by atoms with E-state index in [1.54, 1.807) is 12.3 Å². The van der Waals surface area contributed by atoms with Crippen molar-refractivity contribution in [1.29, 1.82) is 0 Å². The third-order valence-electron chi connectivity index (χ3n) is 3.39. The van der Waals surface area contributed by atoms with Gasteiger partial charge in [-0.3, -0.25) is 4.90 Å². The quantitative estimate of drug-likeness (QED) is 0.725. The SMILES string of the molecule is CN(C)[C@@H](CNC(=O)Nc1ccc(S(N)(=O)=O)cc1)c1ccco1. The van der Waals surface area contributed by atoms with Crippen LogP contribution in [0.3, 0.4) is 0 Å². The zero-order valence-electron chi connectivity index (χ0n) is 13.4. The fourth-order valence-electron chi connectivity index (χ4n) is 2.11. The fraction of sp³-hybridized carbons (Fsp3) is 0.267. The van der Waals surface area contributed by atoms with Crippen molar-refractivity contribution in [3.8, 4) is 0 Å². The van der Waals surface area contributed by atoms with E-state index in [1.165, 1.54) is 24.3 Å². The van der Waals surface area contributed by atoms with Gasteiger partial charge in [-0.2, -0.15) is 0 Å². The van der Waals surface area contributed by atoms with Gasteiger partial charge in [0, 0.05) is 12.2 Å². The molecule has 0 saturated heterocycles. The fourth-order valence-corrected chi connectivity index (χ4v) is 2.63. The average molecular weight is 352 g/mol. The van der Waals surface area contributed by atoms with Crippen LogP contribution in [0.4, 0.5) is 10.5 Å². The lowest BCUT2D eigenvalue weighted by atomic mass is 10.2. The van der Waals surface area contributed by atoms with E-state index in [0.717, 1.165) is 5.76 Å². The molecule has 8 nitrogen and oxygen atoms in total. The molecule has 0 aliphatic carbocycles. The summed E-state index contributed by atoms with van der Waals surface area (Å²) in [5.74, 6) is 0.748. The molecule has 9 heteroatoms. The van der Waals surface area contributed by atoms with Gasteiger partial charge < -0.3 is 15.1 Å². The molecule has 1 atom stereocenters. The van der Waals surface area contributed by atoms with E-state index in [1.807, 2.05) is 25.1 Å². The summed E-state index contributed by atoms with van der Waals surface area (Å²) in [4.78, 5) is 13.9. The lowest BCUT2D eigenvalue weighted by Crippen LogP contribution is -2.36. The number of primary sulfonamides is 1. The number of benzene rings is 1. The number of likely N-dealkylation sites (N-methyl/N-ethyl adjacent to an activating group) is 1. The average Bonchev–Trinajstić information content (AvgIpc) is 3.00. The Kier molecular flexibility index (Phi) is 5.60. The zero-order valence-corrected chi connectivity index (χ0v) is 14.2. The van der Waals surface area contributed by atoms with Gasteiger partial charge in [0.1, 0.15) is 5.76 Å². The summed E-state index contributed by atoms with van der Waals surface area (Å²) >= 11 is 0. The third kappa shape index (κ3) is 4.82. The minimum atomic E-state index is -3.75. The second-order valence-corrected chi connectivity index (χ2v) is 6.96. The molecule has 0 unspecified atom stereocenters. The summed E-state index contributed by atoms with van der Waals surface area (Å²) in [5.41, 5.74) is 0.458. The molecular weight excluding hydrogens is 332 g/mol. The number of anilines is 1. The lowest BCUT2D eigenvalue weighted by Gasteiger charge is -2.22. The Hall–Kier alpha value is -2.36. The smallest absolute Gasteiger partial charge is 0.319 e. The number of urea groups is 1. The van der Waals surface area contributed by atoms with Gasteiger partial charge in [0.15, 0.2) is 0 Å². The van der Waals surface area contributed by atoms with Crippen molar-refractivity contribution in [2.75, 3.05) is 26.0 Å². The van der Waals surface area contributed by atoms with Crippen LogP contribution >= 0.6 is 0 Å². The first-order valence-corrected chi connectivity index (χ1v) is 8.69. The van der Waals surface area contributed by atoms with Gasteiger partial charge in [-0.05, 0) is 50.5 Å². The van der Waals surface area contributed by atoms with Gasteiger partial charge in [0.25, 0.3) is 0 Å². The van der Waals surface area contributed by atoms with Crippen LogP contribution in [-0.2, 0) is 10.0 Å². The predicted molar refractivity (Wildman–Crippen MR) is 90.0 cm³/mol. The van der Waals surface area contributed by atoms with Crippen molar-refractivity contribution in [1.82, 2.24) is 10.2 Å². The molecule has 0 fully saturated rings. The maximum Gasteiger partial charge on any atom is 0.319 e. The van der Waals surface area contributed by atoms with E-state index in [-0.39, 0.29) is 10.9 Å². The number of furan rings is 1. The Morgan fingerprint density at radius 2 is 1.92 bits per heavy atom. The molecule has 1 aromatic carbocycles. The van der Waals surface area contributed by atoms with Crippen molar-refractivity contribution >= 4 is 21.7 Å². The molecule has 24 heavy (non-hydrogen) atoms. The van der Waals surface area contributed by atoms with Crippen molar-refractivity contribution in [3.05, 3.63) is 48.4 Å². The highest BCUT2D eigenvalue weighted by molar-refractivity contribution is 7.89. The van der Waals surface area contributed by atoms with Crippen molar-refractivity contribution in [2.24, 2.45) is 5.14 Å². The van der Waals surface area contributed by atoms with E-state index in [2.05, 4.69) is 10.6 Å². The number of nitrogens with zero attached hydrogens (tertiary/aromatic N) is 1. The van der Waals surface area contributed by atoms with Gasteiger partial charge in [-0.1, -0.05) is 0 Å². The number of hydrogen-bond donors (Lipinski definition) is 3. The molecule has 0 bridgehead atoms. The van der Waals surface area contributed by atoms with Crippen molar-refractivity contribution in [3.63, 3.8) is 0 Å². The highest BCUT2D eigenvalue weighted by atomic mass is 32.2. The number of carbonyl (C=O) groups is 1. The number of nitrogens with one attached hydrogen (secondary N) is 2. The molecule has 130 valence electrons. The summed E-state index contributed by atoms with van der Waals surface area (Å²) in [6.45, 7) is 0.349.